The number of unbranched alkanes of at least 4 members (excludes halogenated alkanes) is 1. The maximum Gasteiger partial charge on any atom is 0.305 e. The number of rotatable bonds is 38. The highest BCUT2D eigenvalue weighted by molar-refractivity contribution is 7.98. The second-order valence-electron chi connectivity index (χ2n) is 19.9. The van der Waals surface area contributed by atoms with E-state index in [9.17, 15) is 68.1 Å². The summed E-state index contributed by atoms with van der Waals surface area (Å²) in [5.74, 6) is -11.0. The molecule has 0 saturated carbocycles. The quantitative estimate of drug-likeness (QED) is 0.0172. The molecular formula is C51H82N16O14S. The maximum atomic E-state index is 14.6. The molecule has 30 nitrogen and oxygen atoms in total. The summed E-state index contributed by atoms with van der Waals surface area (Å²) < 4.78 is 0. The Balaban J connectivity index is 2.53. The predicted octanol–water partition coefficient (Wildman–Crippen LogP) is -4.16. The minimum atomic E-state index is -1.95. The number of carbonyl (C=O) groups is 11. The van der Waals surface area contributed by atoms with Crippen LogP contribution in [0.2, 0.25) is 0 Å². The molecular weight excluding hydrogens is 1090 g/mol. The van der Waals surface area contributed by atoms with Crippen molar-refractivity contribution in [2.45, 2.75) is 159 Å². The van der Waals surface area contributed by atoms with Crippen LogP contribution in [0.5, 0.6) is 5.75 Å². The van der Waals surface area contributed by atoms with E-state index in [2.05, 4.69) is 63.1 Å². The largest absolute Gasteiger partial charge is 0.508 e. The first-order valence-corrected chi connectivity index (χ1v) is 28.0. The van der Waals surface area contributed by atoms with Crippen LogP contribution in [-0.2, 0) is 65.6 Å². The Bertz CT molecular complexity index is 2470. The number of primary amides is 1. The third kappa shape index (κ3) is 26.5. The Morgan fingerprint density at radius 3 is 1.68 bits per heavy atom. The highest BCUT2D eigenvalue weighted by atomic mass is 32.2. The van der Waals surface area contributed by atoms with Gasteiger partial charge in [0.05, 0.1) is 24.5 Å². The van der Waals surface area contributed by atoms with Crippen LogP contribution < -0.4 is 70.4 Å². The average molecular weight is 1180 g/mol. The van der Waals surface area contributed by atoms with E-state index in [0.29, 0.717) is 23.4 Å². The van der Waals surface area contributed by atoms with E-state index in [-0.39, 0.29) is 82.1 Å². The molecule has 0 aliphatic heterocycles. The molecule has 0 bridgehead atoms. The zero-order valence-electron chi connectivity index (χ0n) is 46.9. The highest BCUT2D eigenvalue weighted by Crippen LogP contribution is 2.14. The van der Waals surface area contributed by atoms with E-state index in [1.54, 1.807) is 20.1 Å². The van der Waals surface area contributed by atoms with E-state index in [1.807, 2.05) is 0 Å². The lowest BCUT2D eigenvalue weighted by Crippen LogP contribution is -2.62. The number of aliphatic carboxylic acids is 1. The number of nitrogens with two attached hydrogens (primary N) is 3. The first kappa shape index (κ1) is 70.0. The number of nitrogens with zero attached hydrogens (tertiary/aromatic N) is 1. The van der Waals surface area contributed by atoms with Gasteiger partial charge in [-0.05, 0) is 101 Å². The van der Waals surface area contributed by atoms with E-state index < -0.39 is 132 Å². The molecule has 0 saturated heterocycles. The van der Waals surface area contributed by atoms with Crippen molar-refractivity contribution >= 4 is 82.8 Å². The predicted molar refractivity (Wildman–Crippen MR) is 300 cm³/mol. The summed E-state index contributed by atoms with van der Waals surface area (Å²) in [7, 11) is 0. The molecule has 1 aromatic carbocycles. The number of nitrogens with one attached hydrogen (secondary N) is 12. The summed E-state index contributed by atoms with van der Waals surface area (Å²) in [4.78, 5) is 155. The number of phenols is 1. The molecule has 2 rings (SSSR count). The molecule has 21 N–H and O–H groups in total. The van der Waals surface area contributed by atoms with Gasteiger partial charge in [0.2, 0.25) is 59.1 Å². The Kier molecular flexibility index (Phi) is 31.0. The average Bonchev–Trinajstić information content (AvgIpc) is 3.96. The number of amides is 10. The fraction of sp³-hybridized carbons (Fsp3) is 0.588. The first-order chi connectivity index (χ1) is 38.6. The number of aromatic nitrogens is 2. The number of hydrogen-bond donors (Lipinski definition) is 18. The Morgan fingerprint density at radius 2 is 1.16 bits per heavy atom. The lowest BCUT2D eigenvalue weighted by Gasteiger charge is -2.29. The zero-order chi connectivity index (χ0) is 61.6. The van der Waals surface area contributed by atoms with Crippen LogP contribution in [0.15, 0.2) is 36.8 Å². The van der Waals surface area contributed by atoms with Gasteiger partial charge < -0.3 is 90.7 Å². The summed E-state index contributed by atoms with van der Waals surface area (Å²) in [5, 5.41) is 63.2. The topological polar surface area (TPSA) is 499 Å². The number of aromatic hydroxyl groups is 1. The van der Waals surface area contributed by atoms with Gasteiger partial charge in [-0.2, -0.15) is 11.8 Å². The molecule has 0 radical (unpaired) electrons. The number of hydrogen-bond acceptors (Lipinski definition) is 17. The van der Waals surface area contributed by atoms with Gasteiger partial charge in [0, 0.05) is 32.5 Å². The van der Waals surface area contributed by atoms with Gasteiger partial charge >= 0.3 is 5.97 Å². The van der Waals surface area contributed by atoms with E-state index >= 15 is 0 Å². The highest BCUT2D eigenvalue weighted by Gasteiger charge is 2.37. The van der Waals surface area contributed by atoms with Crippen LogP contribution in [0.3, 0.4) is 0 Å². The second-order valence-corrected chi connectivity index (χ2v) is 20.9. The SMILES string of the molecule is CSCC[C@H](NC(=O)[C@H](C)NC(C)=O)C(=O)N[C@H](C(=O)N[C@@H](CC(=O)O)C(=O)N[C@@H](CCCCN)C(=O)N[C@@H](Cc1ccc(O)cc1)C(=O)N[C@@H](CCCNC(=N)N)C(=O)N[C@@H](CC(C)C)C(=O)N[C@@H](Cc1c[nH]cn1)C(N)=O)[C@@H](C)O. The van der Waals surface area contributed by atoms with Gasteiger partial charge in [-0.3, -0.25) is 58.1 Å². The van der Waals surface area contributed by atoms with E-state index in [0.717, 1.165) is 6.92 Å². The van der Waals surface area contributed by atoms with E-state index in [4.69, 9.17) is 22.6 Å². The molecule has 10 atom stereocenters. The summed E-state index contributed by atoms with van der Waals surface area (Å²) >= 11 is 1.33. The molecule has 0 spiro atoms. The Hall–Kier alpha value is -8.06. The number of carbonyl (C=O) groups excluding carboxylic acids is 10. The number of benzene rings is 1. The molecule has 2 aromatic rings. The van der Waals surface area contributed by atoms with Gasteiger partial charge in [-0.1, -0.05) is 26.0 Å². The molecule has 456 valence electrons. The number of H-pyrrole nitrogens is 1. The van der Waals surface area contributed by atoms with E-state index in [1.165, 1.54) is 62.4 Å². The lowest BCUT2D eigenvalue weighted by molar-refractivity contribution is -0.142. The zero-order valence-corrected chi connectivity index (χ0v) is 47.7. The minimum Gasteiger partial charge on any atom is -0.508 e. The molecule has 0 aliphatic rings. The third-order valence-corrected chi connectivity index (χ3v) is 13.0. The maximum absolute atomic E-state index is 14.6. The number of aliphatic hydroxyl groups excluding tert-OH is 1. The van der Waals surface area contributed by atoms with Crippen molar-refractivity contribution in [1.82, 2.24) is 63.1 Å². The number of guanidine groups is 1. The lowest BCUT2D eigenvalue weighted by atomic mass is 10.0. The van der Waals surface area contributed by atoms with Gasteiger partial charge in [-0.25, -0.2) is 4.98 Å². The van der Waals surface area contributed by atoms with Gasteiger partial charge in [0.25, 0.3) is 0 Å². The van der Waals surface area contributed by atoms with Crippen LogP contribution in [0, 0.1) is 11.3 Å². The van der Waals surface area contributed by atoms with Crippen molar-refractivity contribution in [1.29, 1.82) is 5.41 Å². The summed E-state index contributed by atoms with van der Waals surface area (Å²) in [5.41, 5.74) is 17.7. The normalized spacial score (nSPS) is 14.7. The molecule has 1 aromatic heterocycles. The smallest absolute Gasteiger partial charge is 0.305 e. The number of carboxylic acid groups (broad SMARTS) is 1. The second kappa shape index (κ2) is 36.3. The van der Waals surface area contributed by atoms with Crippen molar-refractivity contribution < 1.29 is 68.1 Å². The van der Waals surface area contributed by atoms with Crippen molar-refractivity contribution in [3.8, 4) is 5.75 Å². The van der Waals surface area contributed by atoms with Crippen molar-refractivity contribution in [3.63, 3.8) is 0 Å². The number of imidazole rings is 1. The number of carboxylic acids is 1. The number of aromatic amines is 1. The number of phenolic OH excluding ortho intramolecular Hbond substituents is 1. The molecule has 10 amide bonds. The van der Waals surface area contributed by atoms with Gasteiger partial charge in [0.1, 0.15) is 60.1 Å². The summed E-state index contributed by atoms with van der Waals surface area (Å²) in [6, 6.07) is -7.61. The molecule has 0 fully saturated rings. The number of thioether (sulfide) groups is 1. The van der Waals surface area contributed by atoms with Crippen LogP contribution in [0.1, 0.15) is 97.2 Å². The fourth-order valence-electron chi connectivity index (χ4n) is 8.01. The fourth-order valence-corrected chi connectivity index (χ4v) is 8.48. The van der Waals surface area contributed by atoms with Gasteiger partial charge in [-0.15, -0.1) is 0 Å². The number of aliphatic hydroxyl groups is 1. The Labute approximate surface area is 479 Å². The van der Waals surface area contributed by atoms with Crippen molar-refractivity contribution in [2.24, 2.45) is 23.1 Å². The monoisotopic (exact) mass is 1170 g/mol. The van der Waals surface area contributed by atoms with Gasteiger partial charge in [0.15, 0.2) is 5.96 Å². The first-order valence-electron chi connectivity index (χ1n) is 26.6. The summed E-state index contributed by atoms with van der Waals surface area (Å²) in [6.07, 6.45) is 1.99. The van der Waals surface area contributed by atoms with Crippen LogP contribution in [0.4, 0.5) is 0 Å². The van der Waals surface area contributed by atoms with Crippen molar-refractivity contribution in [2.75, 3.05) is 25.1 Å². The standard InChI is InChI=1S/C51H82N16O14S/c1-26(2)20-37(47(78)63-36(42(53)73)22-31-24-56-25-58-31)64-45(76)34(11-9-18-57-51(54)55)62-48(79)38(21-30-12-14-32(70)15-13-30)65-44(75)33(10-7-8-17-52)61-49(80)39(23-40(71)72)66-50(81)41(28(4)68)67-46(77)35(16-19-82-6)60-43(74)27(3)59-29(5)69/h12-15,24-28,33-39,41,68,70H,7-11,16-23,52H2,1-6H3,(H2,53,73)(H,56,58)(H,59,69)(H,60,74)(H,61,80)(H,62,79)(H,63,78)(H,64,76)(H,65,75)(H,66,81)(H,67,77)(H,71,72)(H4,54,55,57)/t27-,28+,33-,34-,35-,36-,37-,38-,39-,41-/m0/s1. The molecule has 82 heavy (non-hydrogen) atoms. The molecule has 0 unspecified atom stereocenters. The summed E-state index contributed by atoms with van der Waals surface area (Å²) in [6.45, 7) is 7.48. The van der Waals surface area contributed by atoms with Crippen molar-refractivity contribution in [3.05, 3.63) is 48.0 Å². The van der Waals surface area contributed by atoms with Crippen LogP contribution >= 0.6 is 11.8 Å². The molecule has 1 heterocycles. The molecule has 0 aliphatic carbocycles. The Morgan fingerprint density at radius 1 is 0.646 bits per heavy atom. The molecule has 31 heteroatoms. The van der Waals surface area contributed by atoms with Crippen LogP contribution in [-0.4, -0.2) is 182 Å². The minimum absolute atomic E-state index is 0.0411. The third-order valence-electron chi connectivity index (χ3n) is 12.3. The van der Waals surface area contributed by atoms with Crippen LogP contribution in [0.25, 0.3) is 0 Å².